The fourth-order valence-electron chi connectivity index (χ4n) is 1.28. The second kappa shape index (κ2) is 5.85. The van der Waals surface area contributed by atoms with Crippen molar-refractivity contribution in [3.63, 3.8) is 0 Å². The second-order valence-electron chi connectivity index (χ2n) is 3.04. The summed E-state index contributed by atoms with van der Waals surface area (Å²) in [5, 5.41) is 13.0. The van der Waals surface area contributed by atoms with E-state index in [1.165, 1.54) is 14.2 Å². The van der Waals surface area contributed by atoms with E-state index in [0.717, 1.165) is 0 Å². The number of azide groups is 1. The SMILES string of the molecule is COc1ccc(C(O)CN=[N+]=[N-])cc1OC. The summed E-state index contributed by atoms with van der Waals surface area (Å²) in [6.45, 7) is -0.00795. The zero-order chi connectivity index (χ0) is 12.0. The molecule has 86 valence electrons. The molecule has 0 amide bonds. The van der Waals surface area contributed by atoms with Crippen LogP contribution in [0.15, 0.2) is 23.3 Å². The highest BCUT2D eigenvalue weighted by Gasteiger charge is 2.10. The fourth-order valence-corrected chi connectivity index (χ4v) is 1.28. The lowest BCUT2D eigenvalue weighted by molar-refractivity contribution is 0.186. The van der Waals surface area contributed by atoms with Gasteiger partial charge in [-0.3, -0.25) is 0 Å². The Kier molecular flexibility index (Phi) is 4.44. The highest BCUT2D eigenvalue weighted by molar-refractivity contribution is 5.43. The van der Waals surface area contributed by atoms with Crippen LogP contribution in [0.3, 0.4) is 0 Å². The number of nitrogens with zero attached hydrogens (tertiary/aromatic N) is 3. The molecule has 0 aromatic heterocycles. The molecule has 1 atom stereocenters. The topological polar surface area (TPSA) is 87.5 Å². The summed E-state index contributed by atoms with van der Waals surface area (Å²) in [6, 6.07) is 5.03. The van der Waals surface area contributed by atoms with Crippen molar-refractivity contribution < 1.29 is 14.6 Å². The van der Waals surface area contributed by atoms with E-state index in [9.17, 15) is 5.11 Å². The molecule has 1 unspecified atom stereocenters. The first-order chi connectivity index (χ1) is 7.72. The molecule has 0 aliphatic carbocycles. The number of hydrogen-bond donors (Lipinski definition) is 1. The van der Waals surface area contributed by atoms with Crippen LogP contribution >= 0.6 is 0 Å². The smallest absolute Gasteiger partial charge is 0.161 e. The van der Waals surface area contributed by atoms with Crippen molar-refractivity contribution in [2.24, 2.45) is 5.11 Å². The molecule has 1 rings (SSSR count). The molecule has 0 fully saturated rings. The second-order valence-corrected chi connectivity index (χ2v) is 3.04. The van der Waals surface area contributed by atoms with Crippen LogP contribution in [0.4, 0.5) is 0 Å². The lowest BCUT2D eigenvalue weighted by atomic mass is 10.1. The highest BCUT2D eigenvalue weighted by Crippen LogP contribution is 2.29. The summed E-state index contributed by atoms with van der Waals surface area (Å²) in [5.74, 6) is 1.11. The standard InChI is InChI=1S/C10H13N3O3/c1-15-9-4-3-7(5-10(9)16-2)8(14)6-12-13-11/h3-5,8,14H,6H2,1-2H3. The molecule has 6 heteroatoms. The summed E-state index contributed by atoms with van der Waals surface area (Å²) in [4.78, 5) is 2.59. The first kappa shape index (κ1) is 12.2. The monoisotopic (exact) mass is 223 g/mol. The van der Waals surface area contributed by atoms with E-state index in [2.05, 4.69) is 10.0 Å². The van der Waals surface area contributed by atoms with Gasteiger partial charge in [0.05, 0.1) is 26.9 Å². The van der Waals surface area contributed by atoms with Crippen LogP contribution in [0.5, 0.6) is 11.5 Å². The Morgan fingerprint density at radius 3 is 2.62 bits per heavy atom. The Balaban J connectivity index is 2.93. The summed E-state index contributed by atoms with van der Waals surface area (Å²) in [6.07, 6.45) is -0.837. The normalized spacial score (nSPS) is 11.4. The summed E-state index contributed by atoms with van der Waals surface area (Å²) >= 11 is 0. The van der Waals surface area contributed by atoms with E-state index in [1.807, 2.05) is 0 Å². The van der Waals surface area contributed by atoms with Gasteiger partial charge in [-0.05, 0) is 23.2 Å². The van der Waals surface area contributed by atoms with Gasteiger partial charge in [-0.1, -0.05) is 11.2 Å². The van der Waals surface area contributed by atoms with Gasteiger partial charge in [0.1, 0.15) is 0 Å². The van der Waals surface area contributed by atoms with Crippen LogP contribution < -0.4 is 9.47 Å². The van der Waals surface area contributed by atoms with Crippen molar-refractivity contribution >= 4 is 0 Å². The Morgan fingerprint density at radius 1 is 1.38 bits per heavy atom. The van der Waals surface area contributed by atoms with Gasteiger partial charge >= 0.3 is 0 Å². The Morgan fingerprint density at radius 2 is 2.06 bits per heavy atom. The molecule has 16 heavy (non-hydrogen) atoms. The lowest BCUT2D eigenvalue weighted by Gasteiger charge is -2.12. The number of hydrogen-bond acceptors (Lipinski definition) is 4. The summed E-state index contributed by atoms with van der Waals surface area (Å²) in [5.41, 5.74) is 8.76. The molecule has 1 N–H and O–H groups in total. The molecule has 1 aromatic rings. The van der Waals surface area contributed by atoms with Crippen LogP contribution in [0.1, 0.15) is 11.7 Å². The summed E-state index contributed by atoms with van der Waals surface area (Å²) in [7, 11) is 3.05. The van der Waals surface area contributed by atoms with Crippen LogP contribution in [-0.2, 0) is 0 Å². The first-order valence-corrected chi connectivity index (χ1v) is 4.63. The number of ether oxygens (including phenoxy) is 2. The maximum absolute atomic E-state index is 9.67. The van der Waals surface area contributed by atoms with E-state index in [-0.39, 0.29) is 6.54 Å². The van der Waals surface area contributed by atoms with E-state index in [0.29, 0.717) is 17.1 Å². The van der Waals surface area contributed by atoms with Gasteiger partial charge in [0.25, 0.3) is 0 Å². The van der Waals surface area contributed by atoms with Gasteiger partial charge in [-0.15, -0.1) is 0 Å². The van der Waals surface area contributed by atoms with Crippen molar-refractivity contribution in [2.45, 2.75) is 6.10 Å². The summed E-state index contributed by atoms with van der Waals surface area (Å²) < 4.78 is 10.2. The number of rotatable bonds is 5. The molecule has 6 nitrogen and oxygen atoms in total. The number of benzene rings is 1. The zero-order valence-electron chi connectivity index (χ0n) is 9.12. The van der Waals surface area contributed by atoms with Crippen molar-refractivity contribution in [1.29, 1.82) is 0 Å². The highest BCUT2D eigenvalue weighted by atomic mass is 16.5. The third-order valence-electron chi connectivity index (χ3n) is 2.11. The molecule has 1 aromatic carbocycles. The van der Waals surface area contributed by atoms with Crippen LogP contribution in [0.2, 0.25) is 0 Å². The fraction of sp³-hybridized carbons (Fsp3) is 0.400. The molecule has 0 bridgehead atoms. The molecule has 0 spiro atoms. The molecular formula is C10H13N3O3. The quantitative estimate of drug-likeness (QED) is 0.470. The Labute approximate surface area is 93.0 Å². The van der Waals surface area contributed by atoms with Crippen LogP contribution in [0.25, 0.3) is 10.4 Å². The average molecular weight is 223 g/mol. The minimum Gasteiger partial charge on any atom is -0.493 e. The molecule has 0 saturated carbocycles. The predicted molar refractivity (Wildman–Crippen MR) is 58.5 cm³/mol. The zero-order valence-corrected chi connectivity index (χ0v) is 9.12. The maximum atomic E-state index is 9.67. The molecule has 0 radical (unpaired) electrons. The molecular weight excluding hydrogens is 210 g/mol. The third kappa shape index (κ3) is 2.79. The van der Waals surface area contributed by atoms with Gasteiger partial charge < -0.3 is 14.6 Å². The van der Waals surface area contributed by atoms with E-state index < -0.39 is 6.10 Å². The van der Waals surface area contributed by atoms with Crippen molar-refractivity contribution in [3.05, 3.63) is 34.2 Å². The van der Waals surface area contributed by atoms with Gasteiger partial charge in [0.15, 0.2) is 11.5 Å². The minimum absolute atomic E-state index is 0.00795. The van der Waals surface area contributed by atoms with E-state index in [4.69, 9.17) is 15.0 Å². The van der Waals surface area contributed by atoms with E-state index in [1.54, 1.807) is 18.2 Å². The van der Waals surface area contributed by atoms with Crippen molar-refractivity contribution in [1.82, 2.24) is 0 Å². The van der Waals surface area contributed by atoms with Crippen LogP contribution in [-0.4, -0.2) is 25.9 Å². The number of aliphatic hydroxyl groups is 1. The largest absolute Gasteiger partial charge is 0.493 e. The van der Waals surface area contributed by atoms with Gasteiger partial charge in [0, 0.05) is 4.91 Å². The molecule has 0 aliphatic heterocycles. The van der Waals surface area contributed by atoms with Crippen molar-refractivity contribution in [3.8, 4) is 11.5 Å². The van der Waals surface area contributed by atoms with Crippen molar-refractivity contribution in [2.75, 3.05) is 20.8 Å². The van der Waals surface area contributed by atoms with Gasteiger partial charge in [-0.25, -0.2) is 0 Å². The predicted octanol–water partition coefficient (Wildman–Crippen LogP) is 2.05. The minimum atomic E-state index is -0.837. The van der Waals surface area contributed by atoms with Gasteiger partial charge in [0.2, 0.25) is 0 Å². The molecule has 0 aliphatic rings. The third-order valence-corrected chi connectivity index (χ3v) is 2.11. The lowest BCUT2D eigenvalue weighted by Crippen LogP contribution is -2.01. The van der Waals surface area contributed by atoms with E-state index >= 15 is 0 Å². The number of aliphatic hydroxyl groups excluding tert-OH is 1. The molecule has 0 saturated heterocycles. The van der Waals surface area contributed by atoms with Gasteiger partial charge in [-0.2, -0.15) is 0 Å². The maximum Gasteiger partial charge on any atom is 0.161 e. The Bertz CT molecular complexity index is 402. The molecule has 0 heterocycles. The average Bonchev–Trinajstić information content (AvgIpc) is 2.34. The Hall–Kier alpha value is -1.91. The number of methoxy groups -OCH3 is 2. The van der Waals surface area contributed by atoms with Crippen LogP contribution in [0, 0.1) is 0 Å². The first-order valence-electron chi connectivity index (χ1n) is 4.63.